The maximum Gasteiger partial charge on any atom is 0.416 e. The van der Waals surface area contributed by atoms with Crippen LogP contribution in [0.25, 0.3) is 22.1 Å². The minimum atomic E-state index is -4.41. The lowest BCUT2D eigenvalue weighted by Gasteiger charge is -2.33. The van der Waals surface area contributed by atoms with Gasteiger partial charge in [0.1, 0.15) is 5.75 Å². The standard InChI is InChI=1S/C21H22F3N3O2.C21H22F3N3O/c1-26-13-25-18-4-3-15(9-19(18)26)20-12-27(5-6-29-20)11-14-7-16(21(22,23)24)10-17(8-14)28-2;1-14-7-15(9-17(8-14)21(22,23)24)11-27-5-6-28-20(12-27)16-3-4-18-19(10-16)26(2)13-25-18/h3-4,7-10,13,20H,5-6,11-12H2,1-2H3;3-4,7-10,13,20H,5-6,11-12H2,1-2H3. The van der Waals surface area contributed by atoms with Gasteiger partial charge in [-0.25, -0.2) is 9.97 Å². The molecule has 0 saturated carbocycles. The van der Waals surface area contributed by atoms with Crippen molar-refractivity contribution in [2.45, 2.75) is 44.6 Å². The van der Waals surface area contributed by atoms with Gasteiger partial charge in [0.2, 0.25) is 0 Å². The Labute approximate surface area is 326 Å². The van der Waals surface area contributed by atoms with Crippen molar-refractivity contribution >= 4 is 22.1 Å². The maximum atomic E-state index is 13.2. The van der Waals surface area contributed by atoms with E-state index in [0.29, 0.717) is 69.2 Å². The molecule has 8 rings (SSSR count). The Balaban J connectivity index is 0.000000174. The van der Waals surface area contributed by atoms with E-state index in [1.165, 1.54) is 25.3 Å². The average Bonchev–Trinajstić information content (AvgIpc) is 3.74. The summed E-state index contributed by atoms with van der Waals surface area (Å²) < 4.78 is 99.7. The summed E-state index contributed by atoms with van der Waals surface area (Å²) in [6, 6.07) is 20.2. The number of methoxy groups -OCH3 is 1. The number of hydrogen-bond acceptors (Lipinski definition) is 7. The molecule has 4 heterocycles. The second-order valence-corrected chi connectivity index (χ2v) is 14.7. The lowest BCUT2D eigenvalue weighted by Crippen LogP contribution is -2.37. The lowest BCUT2D eigenvalue weighted by molar-refractivity contribution is -0.138. The van der Waals surface area contributed by atoms with E-state index < -0.39 is 23.5 Å². The minimum Gasteiger partial charge on any atom is -0.497 e. The fraction of sp³-hybridized carbons (Fsp3) is 0.381. The number of aryl methyl sites for hydroxylation is 3. The number of halogens is 6. The van der Waals surface area contributed by atoms with Crippen LogP contribution < -0.4 is 4.74 Å². The number of alkyl halides is 6. The molecule has 0 aliphatic carbocycles. The van der Waals surface area contributed by atoms with E-state index in [9.17, 15) is 26.3 Å². The van der Waals surface area contributed by atoms with Gasteiger partial charge in [0.05, 0.1) is 78.4 Å². The van der Waals surface area contributed by atoms with Crippen molar-refractivity contribution in [2.75, 3.05) is 46.5 Å². The fourth-order valence-electron chi connectivity index (χ4n) is 7.45. The van der Waals surface area contributed by atoms with Crippen molar-refractivity contribution < 1.29 is 40.6 Å². The van der Waals surface area contributed by atoms with Crippen LogP contribution in [0.3, 0.4) is 0 Å². The topological polar surface area (TPSA) is 69.8 Å². The van der Waals surface area contributed by atoms with E-state index in [1.807, 2.05) is 53.6 Å². The van der Waals surface area contributed by atoms with Crippen LogP contribution in [0, 0.1) is 6.92 Å². The molecule has 0 amide bonds. The Morgan fingerprint density at radius 1 is 0.649 bits per heavy atom. The summed E-state index contributed by atoms with van der Waals surface area (Å²) in [6.45, 7) is 6.22. The zero-order valence-corrected chi connectivity index (χ0v) is 32.1. The molecular weight excluding hydrogens is 750 g/mol. The molecule has 2 aromatic heterocycles. The molecule has 2 aliphatic heterocycles. The number of nitrogens with zero attached hydrogens (tertiary/aromatic N) is 6. The van der Waals surface area contributed by atoms with Gasteiger partial charge >= 0.3 is 12.4 Å². The van der Waals surface area contributed by atoms with E-state index in [4.69, 9.17) is 14.2 Å². The van der Waals surface area contributed by atoms with Crippen molar-refractivity contribution in [3.63, 3.8) is 0 Å². The average molecular weight is 795 g/mol. The van der Waals surface area contributed by atoms with Gasteiger partial charge in [0, 0.05) is 53.4 Å². The molecule has 15 heteroatoms. The van der Waals surface area contributed by atoms with E-state index in [1.54, 1.807) is 25.6 Å². The summed E-state index contributed by atoms with van der Waals surface area (Å²) in [7, 11) is 5.26. The molecule has 9 nitrogen and oxygen atoms in total. The Hall–Kier alpha value is -4.96. The van der Waals surface area contributed by atoms with Crippen LogP contribution in [-0.4, -0.2) is 75.4 Å². The molecule has 0 spiro atoms. The van der Waals surface area contributed by atoms with Gasteiger partial charge in [-0.05, 0) is 83.8 Å². The van der Waals surface area contributed by atoms with Crippen LogP contribution >= 0.6 is 0 Å². The highest BCUT2D eigenvalue weighted by molar-refractivity contribution is 5.76. The number of imidazole rings is 2. The number of morpholine rings is 2. The first kappa shape index (κ1) is 40.2. The predicted molar refractivity (Wildman–Crippen MR) is 204 cm³/mol. The van der Waals surface area contributed by atoms with Crippen LogP contribution in [-0.2, 0) is 49.0 Å². The zero-order chi connectivity index (χ0) is 40.5. The third-order valence-corrected chi connectivity index (χ3v) is 10.3. The zero-order valence-electron chi connectivity index (χ0n) is 32.1. The smallest absolute Gasteiger partial charge is 0.416 e. The van der Waals surface area contributed by atoms with Gasteiger partial charge in [-0.3, -0.25) is 9.80 Å². The number of benzene rings is 4. The molecule has 2 fully saturated rings. The molecule has 4 aromatic carbocycles. The van der Waals surface area contributed by atoms with Gasteiger partial charge in [-0.2, -0.15) is 26.3 Å². The van der Waals surface area contributed by atoms with Crippen molar-refractivity contribution in [1.82, 2.24) is 28.9 Å². The number of aromatic nitrogens is 4. The molecule has 2 saturated heterocycles. The maximum absolute atomic E-state index is 13.2. The van der Waals surface area contributed by atoms with Gasteiger partial charge in [-0.15, -0.1) is 0 Å². The highest BCUT2D eigenvalue weighted by Crippen LogP contribution is 2.35. The molecule has 2 atom stereocenters. The van der Waals surface area contributed by atoms with Crippen molar-refractivity contribution in [1.29, 1.82) is 0 Å². The normalized spacial score (nSPS) is 18.5. The second-order valence-electron chi connectivity index (χ2n) is 14.7. The Bertz CT molecular complexity index is 2340. The van der Waals surface area contributed by atoms with Crippen LogP contribution in [0.2, 0.25) is 0 Å². The first-order chi connectivity index (χ1) is 27.1. The van der Waals surface area contributed by atoms with Crippen molar-refractivity contribution in [3.8, 4) is 5.75 Å². The quantitative estimate of drug-likeness (QED) is 0.150. The number of fused-ring (bicyclic) bond motifs is 2. The second kappa shape index (κ2) is 16.5. The predicted octanol–water partition coefficient (Wildman–Crippen LogP) is 8.65. The van der Waals surface area contributed by atoms with Crippen LogP contribution in [0.5, 0.6) is 5.75 Å². The van der Waals surface area contributed by atoms with Crippen molar-refractivity contribution in [3.05, 3.63) is 124 Å². The lowest BCUT2D eigenvalue weighted by atomic mass is 10.0. The Morgan fingerprint density at radius 2 is 1.12 bits per heavy atom. The molecule has 2 aliphatic rings. The summed E-state index contributed by atoms with van der Waals surface area (Å²) in [5, 5.41) is 0. The van der Waals surface area contributed by atoms with Crippen LogP contribution in [0.1, 0.15) is 51.2 Å². The number of hydrogen-bond donors (Lipinski definition) is 0. The number of rotatable bonds is 7. The molecule has 0 radical (unpaired) electrons. The first-order valence-corrected chi connectivity index (χ1v) is 18.6. The first-order valence-electron chi connectivity index (χ1n) is 18.6. The van der Waals surface area contributed by atoms with E-state index in [0.717, 1.165) is 39.3 Å². The monoisotopic (exact) mass is 794 g/mol. The fourth-order valence-corrected chi connectivity index (χ4v) is 7.45. The summed E-state index contributed by atoms with van der Waals surface area (Å²) in [4.78, 5) is 12.9. The van der Waals surface area contributed by atoms with Crippen LogP contribution in [0.4, 0.5) is 26.3 Å². The SMILES string of the molecule is COc1cc(CN2CCOC(c3ccc4ncn(C)c4c3)C2)cc(C(F)(F)F)c1.Cc1cc(CN2CCOC(c3ccc4ncn(C)c4c3)C2)cc(C(F)(F)F)c1. The Morgan fingerprint density at radius 3 is 1.60 bits per heavy atom. The molecule has 2 unspecified atom stereocenters. The van der Waals surface area contributed by atoms with Gasteiger partial charge in [0.25, 0.3) is 0 Å². The van der Waals surface area contributed by atoms with E-state index in [2.05, 4.69) is 31.9 Å². The Kier molecular flexibility index (Phi) is 11.6. The van der Waals surface area contributed by atoms with Crippen LogP contribution in [0.15, 0.2) is 85.5 Å². The molecule has 6 aromatic rings. The summed E-state index contributed by atoms with van der Waals surface area (Å²) in [6.07, 6.45) is -5.44. The van der Waals surface area contributed by atoms with Gasteiger partial charge < -0.3 is 23.3 Å². The third-order valence-electron chi connectivity index (χ3n) is 10.3. The third kappa shape index (κ3) is 9.61. The summed E-state index contributed by atoms with van der Waals surface area (Å²) in [5.74, 6) is 0.210. The number of ether oxygens (including phenoxy) is 3. The highest BCUT2D eigenvalue weighted by Gasteiger charge is 2.33. The van der Waals surface area contributed by atoms with Gasteiger partial charge in [0.15, 0.2) is 0 Å². The molecular formula is C42H44F6N6O3. The molecule has 302 valence electrons. The molecule has 0 N–H and O–H groups in total. The largest absolute Gasteiger partial charge is 0.497 e. The highest BCUT2D eigenvalue weighted by atomic mass is 19.4. The van der Waals surface area contributed by atoms with Gasteiger partial charge in [-0.1, -0.05) is 23.8 Å². The summed E-state index contributed by atoms with van der Waals surface area (Å²) >= 11 is 0. The summed E-state index contributed by atoms with van der Waals surface area (Å²) in [5.41, 5.74) is 6.57. The van der Waals surface area contributed by atoms with Crippen molar-refractivity contribution in [2.24, 2.45) is 14.1 Å². The van der Waals surface area contributed by atoms with E-state index >= 15 is 0 Å². The molecule has 0 bridgehead atoms. The van der Waals surface area contributed by atoms with E-state index in [-0.39, 0.29) is 18.0 Å². The minimum absolute atomic E-state index is 0.111. The molecule has 57 heavy (non-hydrogen) atoms.